The van der Waals surface area contributed by atoms with E-state index in [0.717, 1.165) is 12.8 Å². The van der Waals surface area contributed by atoms with Crippen molar-refractivity contribution in [2.75, 3.05) is 20.8 Å². The molecule has 1 amide bonds. The van der Waals surface area contributed by atoms with Crippen molar-refractivity contribution in [1.82, 2.24) is 5.48 Å². The van der Waals surface area contributed by atoms with Gasteiger partial charge in [-0.2, -0.15) is 5.48 Å². The van der Waals surface area contributed by atoms with Crippen LogP contribution in [0.15, 0.2) is 26.5 Å². The quantitative estimate of drug-likeness (QED) is 0.142. The van der Waals surface area contributed by atoms with Crippen LogP contribution in [0.3, 0.4) is 0 Å². The zero-order chi connectivity index (χ0) is 29.0. The van der Waals surface area contributed by atoms with Crippen molar-refractivity contribution in [2.45, 2.75) is 69.7 Å². The van der Waals surface area contributed by atoms with Crippen molar-refractivity contribution in [3.05, 3.63) is 33.7 Å². The normalized spacial score (nSPS) is 24.1. The molecule has 1 aliphatic carbocycles. The second-order valence-corrected chi connectivity index (χ2v) is 9.53. The average Bonchev–Trinajstić information content (AvgIpc) is 3.38. The number of aliphatic hydroxyl groups is 1. The van der Waals surface area contributed by atoms with Gasteiger partial charge in [-0.25, -0.2) is 9.59 Å². The predicted molar refractivity (Wildman–Crippen MR) is 140 cm³/mol. The highest BCUT2D eigenvalue weighted by molar-refractivity contribution is 6.04. The summed E-state index contributed by atoms with van der Waals surface area (Å²) in [5.74, 6) is 2.09. The summed E-state index contributed by atoms with van der Waals surface area (Å²) in [4.78, 5) is 34.6. The van der Waals surface area contributed by atoms with Gasteiger partial charge in [0, 0.05) is 12.7 Å². The fourth-order valence-electron chi connectivity index (χ4n) is 5.36. The topological polar surface area (TPSA) is 168 Å². The van der Waals surface area contributed by atoms with Crippen molar-refractivity contribution in [1.29, 1.82) is 0 Å². The SMILES string of the molecule is C#CCONC(=O)O[C@H]1[C@@H](O)[C@H](Oc2ccc3c(O)c(/C(C)=N/OC)c(=O)oc3c2C)OC2(CCCC2)[C@@H]1OC. The third-order valence-electron chi connectivity index (χ3n) is 7.12. The van der Waals surface area contributed by atoms with Crippen LogP contribution in [0.1, 0.15) is 43.7 Å². The summed E-state index contributed by atoms with van der Waals surface area (Å²) in [5.41, 5.74) is 0.788. The van der Waals surface area contributed by atoms with Crippen molar-refractivity contribution in [3.8, 4) is 23.8 Å². The number of nitrogens with one attached hydrogen (secondary N) is 1. The lowest BCUT2D eigenvalue weighted by Crippen LogP contribution is -2.66. The molecule has 1 saturated heterocycles. The van der Waals surface area contributed by atoms with Gasteiger partial charge in [0.15, 0.2) is 12.2 Å². The Morgan fingerprint density at radius 3 is 2.67 bits per heavy atom. The molecule has 1 aliphatic heterocycles. The van der Waals surface area contributed by atoms with Gasteiger partial charge >= 0.3 is 11.7 Å². The minimum Gasteiger partial charge on any atom is -0.506 e. The highest BCUT2D eigenvalue weighted by Gasteiger charge is 2.58. The van der Waals surface area contributed by atoms with Crippen LogP contribution >= 0.6 is 0 Å². The summed E-state index contributed by atoms with van der Waals surface area (Å²) in [6, 6.07) is 3.04. The summed E-state index contributed by atoms with van der Waals surface area (Å²) >= 11 is 0. The fraction of sp³-hybridized carbons (Fsp3) is 0.519. The number of benzene rings is 1. The van der Waals surface area contributed by atoms with Gasteiger partial charge < -0.3 is 38.4 Å². The number of terminal acetylenes is 1. The minimum absolute atomic E-state index is 0.0717. The van der Waals surface area contributed by atoms with Gasteiger partial charge in [-0.1, -0.05) is 23.9 Å². The predicted octanol–water partition coefficient (Wildman–Crippen LogP) is 2.26. The molecule has 13 heteroatoms. The van der Waals surface area contributed by atoms with Crippen LogP contribution in [0, 0.1) is 19.3 Å². The molecular weight excluding hydrogens is 528 g/mol. The molecule has 216 valence electrons. The molecule has 40 heavy (non-hydrogen) atoms. The van der Waals surface area contributed by atoms with Crippen LogP contribution < -0.4 is 15.8 Å². The molecule has 1 saturated carbocycles. The molecule has 4 rings (SSSR count). The molecule has 1 aromatic heterocycles. The average molecular weight is 561 g/mol. The zero-order valence-corrected chi connectivity index (χ0v) is 22.6. The van der Waals surface area contributed by atoms with Crippen LogP contribution in [0.25, 0.3) is 11.0 Å². The Morgan fingerprint density at radius 1 is 1.30 bits per heavy atom. The van der Waals surface area contributed by atoms with Gasteiger partial charge in [0.05, 0.1) is 11.1 Å². The number of carbonyl (C=O) groups excluding carboxylic acids is 1. The number of carbonyl (C=O) groups is 1. The van der Waals surface area contributed by atoms with Crippen molar-refractivity contribution < 1.29 is 48.0 Å². The molecule has 2 aliphatic rings. The maximum Gasteiger partial charge on any atom is 0.431 e. The summed E-state index contributed by atoms with van der Waals surface area (Å²) in [6.45, 7) is 2.94. The highest BCUT2D eigenvalue weighted by Crippen LogP contribution is 2.45. The zero-order valence-electron chi connectivity index (χ0n) is 22.6. The molecule has 1 aromatic carbocycles. The molecule has 2 fully saturated rings. The number of oxime groups is 1. The third-order valence-corrected chi connectivity index (χ3v) is 7.12. The van der Waals surface area contributed by atoms with Gasteiger partial charge in [0.1, 0.15) is 48.1 Å². The number of aromatic hydroxyl groups is 1. The van der Waals surface area contributed by atoms with Crippen LogP contribution in [-0.4, -0.2) is 73.0 Å². The van der Waals surface area contributed by atoms with E-state index in [9.17, 15) is 19.8 Å². The first-order valence-electron chi connectivity index (χ1n) is 12.6. The number of methoxy groups -OCH3 is 1. The smallest absolute Gasteiger partial charge is 0.431 e. The number of hydrogen-bond acceptors (Lipinski definition) is 12. The Bertz CT molecular complexity index is 1370. The van der Waals surface area contributed by atoms with E-state index in [0.29, 0.717) is 18.4 Å². The van der Waals surface area contributed by atoms with E-state index >= 15 is 0 Å². The standard InChI is InChI=1S/C27H32N2O11/c1-6-13-36-29-26(33)39-22-20(31)25(40-27(23(22)34-4)11-7-8-12-27)37-17-10-9-16-19(30)18(15(3)28-35-5)24(32)38-21(16)14(17)2/h1,9-10,20,22-23,25,30-31H,7-8,11-13H2,2-5H3,(H,29,33)/b28-15+/t20-,22+,23-,25-/m1/s1. The lowest BCUT2D eigenvalue weighted by atomic mass is 9.85. The summed E-state index contributed by atoms with van der Waals surface area (Å²) < 4.78 is 29.1. The summed E-state index contributed by atoms with van der Waals surface area (Å²) in [7, 11) is 2.76. The number of hydroxylamine groups is 1. The molecular formula is C27H32N2O11. The number of aliphatic hydroxyl groups excluding tert-OH is 1. The number of nitrogens with zero attached hydrogens (tertiary/aromatic N) is 1. The summed E-state index contributed by atoms with van der Waals surface area (Å²) in [6.07, 6.45) is 2.21. The Hall–Kier alpha value is -3.83. The molecule has 2 aromatic rings. The molecule has 1 spiro atoms. The Labute approximate surface area is 229 Å². The Balaban J connectivity index is 1.67. The van der Waals surface area contributed by atoms with E-state index in [-0.39, 0.29) is 40.4 Å². The number of fused-ring (bicyclic) bond motifs is 1. The van der Waals surface area contributed by atoms with Gasteiger partial charge in [0.2, 0.25) is 6.29 Å². The van der Waals surface area contributed by atoms with Crippen LogP contribution in [0.5, 0.6) is 11.5 Å². The number of rotatable bonds is 8. The van der Waals surface area contributed by atoms with E-state index in [2.05, 4.69) is 16.6 Å². The van der Waals surface area contributed by atoms with Gasteiger partial charge in [-0.3, -0.25) is 4.84 Å². The molecule has 2 heterocycles. The fourth-order valence-corrected chi connectivity index (χ4v) is 5.36. The third kappa shape index (κ3) is 5.44. The monoisotopic (exact) mass is 560 g/mol. The van der Waals surface area contributed by atoms with E-state index in [1.54, 1.807) is 13.0 Å². The maximum atomic E-state index is 12.7. The first-order valence-corrected chi connectivity index (χ1v) is 12.6. The second-order valence-electron chi connectivity index (χ2n) is 9.53. The number of ether oxygens (including phenoxy) is 4. The number of aryl methyl sites for hydroxylation is 1. The molecule has 0 radical (unpaired) electrons. The van der Waals surface area contributed by atoms with Crippen molar-refractivity contribution in [2.24, 2.45) is 5.16 Å². The van der Waals surface area contributed by atoms with Crippen molar-refractivity contribution in [3.63, 3.8) is 0 Å². The first-order chi connectivity index (χ1) is 19.2. The molecule has 13 nitrogen and oxygen atoms in total. The Kier molecular flexibility index (Phi) is 8.85. The van der Waals surface area contributed by atoms with E-state index in [4.69, 9.17) is 39.5 Å². The molecule has 4 atom stereocenters. The van der Waals surface area contributed by atoms with Crippen LogP contribution in [-0.2, 0) is 23.9 Å². The lowest BCUT2D eigenvalue weighted by Gasteiger charge is -2.49. The van der Waals surface area contributed by atoms with E-state index < -0.39 is 41.9 Å². The lowest BCUT2D eigenvalue weighted by molar-refractivity contribution is -0.313. The Morgan fingerprint density at radius 2 is 2.02 bits per heavy atom. The van der Waals surface area contributed by atoms with Crippen LogP contribution in [0.2, 0.25) is 0 Å². The highest BCUT2D eigenvalue weighted by atomic mass is 16.7. The van der Waals surface area contributed by atoms with E-state index in [1.165, 1.54) is 27.2 Å². The second kappa shape index (κ2) is 12.1. The summed E-state index contributed by atoms with van der Waals surface area (Å²) in [5, 5.41) is 26.0. The molecule has 0 bridgehead atoms. The van der Waals surface area contributed by atoms with Gasteiger partial charge in [-0.15, -0.1) is 6.42 Å². The minimum atomic E-state index is -1.49. The number of hydrogen-bond donors (Lipinski definition) is 3. The van der Waals surface area contributed by atoms with Crippen LogP contribution in [0.4, 0.5) is 4.79 Å². The molecule has 3 N–H and O–H groups in total. The molecule has 0 unspecified atom stereocenters. The van der Waals surface area contributed by atoms with Gasteiger partial charge in [-0.05, 0) is 38.8 Å². The number of amides is 1. The van der Waals surface area contributed by atoms with Gasteiger partial charge in [0.25, 0.3) is 0 Å². The first kappa shape index (κ1) is 29.2. The van der Waals surface area contributed by atoms with E-state index in [1.807, 2.05) is 0 Å². The van der Waals surface area contributed by atoms with Crippen molar-refractivity contribution >= 4 is 22.8 Å². The maximum absolute atomic E-state index is 12.7. The largest absolute Gasteiger partial charge is 0.506 e.